The third kappa shape index (κ3) is 3.01. The predicted molar refractivity (Wildman–Crippen MR) is 85.1 cm³/mol. The number of hydrogen-bond donors (Lipinski definition) is 3. The standard InChI is InChI=1S/C16H23N5O2/c1-8(2)12-6-18-19-13(12)7-17-16(22)15-11-5-9(3)23-10(4)14(11)20-21-15/h6,8-10H,5,7H2,1-4H3,(H,17,22)(H,18,19)(H,20,21)/t9-,10+/m0/s1. The van der Waals surface area contributed by atoms with Crippen LogP contribution in [-0.4, -0.2) is 32.4 Å². The number of aromatic nitrogens is 4. The molecule has 0 fully saturated rings. The van der Waals surface area contributed by atoms with Crippen molar-refractivity contribution in [2.24, 2.45) is 0 Å². The van der Waals surface area contributed by atoms with Gasteiger partial charge in [-0.05, 0) is 25.3 Å². The van der Waals surface area contributed by atoms with E-state index in [0.717, 1.165) is 22.5 Å². The number of ether oxygens (including phenoxy) is 1. The minimum Gasteiger partial charge on any atom is -0.369 e. The van der Waals surface area contributed by atoms with E-state index < -0.39 is 0 Å². The molecule has 0 spiro atoms. The Morgan fingerprint density at radius 1 is 1.43 bits per heavy atom. The Balaban J connectivity index is 1.73. The van der Waals surface area contributed by atoms with Gasteiger partial charge in [-0.1, -0.05) is 13.8 Å². The Bertz CT molecular complexity index is 703. The SMILES string of the molecule is CC(C)c1cn[nH]c1CNC(=O)c1n[nH]c2c1C[C@H](C)O[C@@H]2C. The molecule has 3 heterocycles. The van der Waals surface area contributed by atoms with Crippen molar-refractivity contribution < 1.29 is 9.53 Å². The van der Waals surface area contributed by atoms with Crippen LogP contribution in [0.2, 0.25) is 0 Å². The number of nitrogens with one attached hydrogen (secondary N) is 3. The normalized spacial score (nSPS) is 20.6. The highest BCUT2D eigenvalue weighted by Crippen LogP contribution is 2.30. The van der Waals surface area contributed by atoms with Crippen LogP contribution in [-0.2, 0) is 17.7 Å². The van der Waals surface area contributed by atoms with Gasteiger partial charge in [0.1, 0.15) is 0 Å². The van der Waals surface area contributed by atoms with E-state index in [1.165, 1.54) is 0 Å². The molecule has 23 heavy (non-hydrogen) atoms. The van der Waals surface area contributed by atoms with E-state index in [9.17, 15) is 4.79 Å². The fraction of sp³-hybridized carbons (Fsp3) is 0.562. The fourth-order valence-corrected chi connectivity index (χ4v) is 3.08. The molecule has 1 aliphatic rings. The molecule has 2 aromatic heterocycles. The summed E-state index contributed by atoms with van der Waals surface area (Å²) < 4.78 is 5.75. The summed E-state index contributed by atoms with van der Waals surface area (Å²) in [5.74, 6) is 0.186. The molecule has 0 aliphatic carbocycles. The van der Waals surface area contributed by atoms with Crippen molar-refractivity contribution >= 4 is 5.91 Å². The summed E-state index contributed by atoms with van der Waals surface area (Å²) in [6.07, 6.45) is 2.52. The van der Waals surface area contributed by atoms with Crippen LogP contribution >= 0.6 is 0 Å². The first-order chi connectivity index (χ1) is 11.0. The van der Waals surface area contributed by atoms with Crippen LogP contribution in [0.1, 0.15) is 72.7 Å². The van der Waals surface area contributed by atoms with E-state index in [0.29, 0.717) is 24.6 Å². The number of hydrogen-bond acceptors (Lipinski definition) is 4. The molecule has 2 atom stereocenters. The van der Waals surface area contributed by atoms with Crippen molar-refractivity contribution in [2.45, 2.75) is 58.8 Å². The Morgan fingerprint density at radius 2 is 2.22 bits per heavy atom. The Kier molecular flexibility index (Phi) is 4.21. The Morgan fingerprint density at radius 3 is 2.96 bits per heavy atom. The Hall–Kier alpha value is -2.15. The van der Waals surface area contributed by atoms with E-state index in [-0.39, 0.29) is 18.1 Å². The van der Waals surface area contributed by atoms with Crippen molar-refractivity contribution in [2.75, 3.05) is 0 Å². The zero-order valence-electron chi connectivity index (χ0n) is 13.9. The van der Waals surface area contributed by atoms with Crippen molar-refractivity contribution in [1.29, 1.82) is 0 Å². The van der Waals surface area contributed by atoms with E-state index >= 15 is 0 Å². The number of nitrogens with zero attached hydrogens (tertiary/aromatic N) is 2. The average molecular weight is 317 g/mol. The summed E-state index contributed by atoms with van der Waals surface area (Å²) in [5, 5.41) is 17.1. The topological polar surface area (TPSA) is 95.7 Å². The van der Waals surface area contributed by atoms with Gasteiger partial charge < -0.3 is 10.1 Å². The van der Waals surface area contributed by atoms with Crippen molar-refractivity contribution in [3.63, 3.8) is 0 Å². The zero-order chi connectivity index (χ0) is 16.6. The van der Waals surface area contributed by atoms with Crippen LogP contribution in [0.4, 0.5) is 0 Å². The first-order valence-electron chi connectivity index (χ1n) is 8.00. The first-order valence-corrected chi connectivity index (χ1v) is 8.00. The van der Waals surface area contributed by atoms with Gasteiger partial charge in [-0.2, -0.15) is 10.2 Å². The van der Waals surface area contributed by atoms with Gasteiger partial charge in [0.15, 0.2) is 5.69 Å². The zero-order valence-corrected chi connectivity index (χ0v) is 13.9. The molecule has 124 valence electrons. The van der Waals surface area contributed by atoms with Crippen LogP contribution in [0.3, 0.4) is 0 Å². The molecule has 0 bridgehead atoms. The average Bonchev–Trinajstić information content (AvgIpc) is 3.10. The van der Waals surface area contributed by atoms with Crippen LogP contribution in [0.25, 0.3) is 0 Å². The van der Waals surface area contributed by atoms with E-state index in [1.54, 1.807) is 0 Å². The molecular weight excluding hydrogens is 294 g/mol. The van der Waals surface area contributed by atoms with Gasteiger partial charge in [-0.25, -0.2) is 0 Å². The fourth-order valence-electron chi connectivity index (χ4n) is 3.08. The lowest BCUT2D eigenvalue weighted by Gasteiger charge is -2.25. The number of H-pyrrole nitrogens is 2. The lowest BCUT2D eigenvalue weighted by molar-refractivity contribution is -0.00697. The van der Waals surface area contributed by atoms with Crippen LogP contribution in [0, 0.1) is 0 Å². The highest BCUT2D eigenvalue weighted by molar-refractivity contribution is 5.94. The van der Waals surface area contributed by atoms with Crippen LogP contribution in [0.15, 0.2) is 6.20 Å². The van der Waals surface area contributed by atoms with Gasteiger partial charge in [0, 0.05) is 12.0 Å². The van der Waals surface area contributed by atoms with Crippen molar-refractivity contribution in [3.8, 4) is 0 Å². The van der Waals surface area contributed by atoms with Gasteiger partial charge >= 0.3 is 0 Å². The number of rotatable bonds is 4. The summed E-state index contributed by atoms with van der Waals surface area (Å²) in [4.78, 5) is 12.5. The summed E-state index contributed by atoms with van der Waals surface area (Å²) in [7, 11) is 0. The summed E-state index contributed by atoms with van der Waals surface area (Å²) in [6.45, 7) is 8.59. The third-order valence-corrected chi connectivity index (χ3v) is 4.25. The lowest BCUT2D eigenvalue weighted by atomic mass is 9.99. The summed E-state index contributed by atoms with van der Waals surface area (Å²) in [6, 6.07) is 0. The van der Waals surface area contributed by atoms with Gasteiger partial charge in [0.25, 0.3) is 5.91 Å². The molecule has 3 N–H and O–H groups in total. The smallest absolute Gasteiger partial charge is 0.272 e. The van der Waals surface area contributed by atoms with Crippen molar-refractivity contribution in [1.82, 2.24) is 25.7 Å². The molecule has 0 radical (unpaired) electrons. The molecule has 1 amide bonds. The summed E-state index contributed by atoms with van der Waals surface area (Å²) in [5.41, 5.74) is 4.38. The second-order valence-electron chi connectivity index (χ2n) is 6.40. The second-order valence-corrected chi connectivity index (χ2v) is 6.40. The second kappa shape index (κ2) is 6.16. The first kappa shape index (κ1) is 15.7. The molecule has 3 rings (SSSR count). The Labute approximate surface area is 135 Å². The van der Waals surface area contributed by atoms with Gasteiger partial charge in [0.2, 0.25) is 0 Å². The van der Waals surface area contributed by atoms with E-state index in [2.05, 4.69) is 39.6 Å². The largest absolute Gasteiger partial charge is 0.369 e. The molecule has 2 aromatic rings. The predicted octanol–water partition coefficient (Wildman–Crippen LogP) is 2.21. The maximum atomic E-state index is 12.5. The summed E-state index contributed by atoms with van der Waals surface area (Å²) >= 11 is 0. The highest BCUT2D eigenvalue weighted by Gasteiger charge is 2.29. The quantitative estimate of drug-likeness (QED) is 0.805. The molecule has 0 unspecified atom stereocenters. The number of carbonyl (C=O) groups excluding carboxylic acids is 1. The van der Waals surface area contributed by atoms with Gasteiger partial charge in [0.05, 0.1) is 36.3 Å². The third-order valence-electron chi connectivity index (χ3n) is 4.25. The van der Waals surface area contributed by atoms with Crippen LogP contribution in [0.5, 0.6) is 0 Å². The molecular formula is C16H23N5O2. The monoisotopic (exact) mass is 317 g/mol. The maximum Gasteiger partial charge on any atom is 0.272 e. The van der Waals surface area contributed by atoms with Crippen molar-refractivity contribution in [3.05, 3.63) is 34.4 Å². The highest BCUT2D eigenvalue weighted by atomic mass is 16.5. The molecule has 7 nitrogen and oxygen atoms in total. The maximum absolute atomic E-state index is 12.5. The van der Waals surface area contributed by atoms with Gasteiger partial charge in [-0.3, -0.25) is 15.0 Å². The van der Waals surface area contributed by atoms with Crippen LogP contribution < -0.4 is 5.32 Å². The van der Waals surface area contributed by atoms with E-state index in [4.69, 9.17) is 4.74 Å². The molecule has 7 heteroatoms. The molecule has 0 saturated heterocycles. The number of amides is 1. The number of aromatic amines is 2. The number of carbonyl (C=O) groups is 1. The lowest BCUT2D eigenvalue weighted by Crippen LogP contribution is -2.27. The minimum atomic E-state index is -0.173. The molecule has 0 aromatic carbocycles. The number of fused-ring (bicyclic) bond motifs is 1. The minimum absolute atomic E-state index is 0.0667. The molecule has 1 aliphatic heterocycles. The molecule has 0 saturated carbocycles. The van der Waals surface area contributed by atoms with Gasteiger partial charge in [-0.15, -0.1) is 0 Å². The van der Waals surface area contributed by atoms with E-state index in [1.807, 2.05) is 20.0 Å².